The monoisotopic (exact) mass is 332 g/mol. The molecule has 0 aliphatic carbocycles. The van der Waals surface area contributed by atoms with Crippen molar-refractivity contribution in [3.05, 3.63) is 28.0 Å². The summed E-state index contributed by atoms with van der Waals surface area (Å²) in [5.74, 6) is -0.539. The third-order valence-electron chi connectivity index (χ3n) is 4.75. The van der Waals surface area contributed by atoms with Gasteiger partial charge in [-0.25, -0.2) is 4.39 Å². The molecule has 1 atom stereocenters. The Balaban J connectivity index is 2.37. The molecule has 0 saturated carbocycles. The van der Waals surface area contributed by atoms with E-state index in [1.54, 1.807) is 12.1 Å². The summed E-state index contributed by atoms with van der Waals surface area (Å²) < 4.78 is 13.6. The smallest absolute Gasteiger partial charge is 0.160 e. The highest BCUT2D eigenvalue weighted by molar-refractivity contribution is 6.35. The van der Waals surface area contributed by atoms with Gasteiger partial charge in [-0.1, -0.05) is 44.0 Å². The van der Waals surface area contributed by atoms with Crippen LogP contribution in [0.1, 0.15) is 40.0 Å². The summed E-state index contributed by atoms with van der Waals surface area (Å²) in [6, 6.07) is 3.74. The van der Waals surface area contributed by atoms with Crippen molar-refractivity contribution >= 4 is 28.9 Å². The summed E-state index contributed by atoms with van der Waals surface area (Å²) in [5.41, 5.74) is 1.00. The zero-order chi connectivity index (χ0) is 15.6. The summed E-state index contributed by atoms with van der Waals surface area (Å²) in [6.07, 6.45) is 3.13. The maximum atomic E-state index is 13.6. The van der Waals surface area contributed by atoms with Crippen LogP contribution in [0.3, 0.4) is 0 Å². The highest BCUT2D eigenvalue weighted by Crippen LogP contribution is 2.34. The lowest BCUT2D eigenvalue weighted by Gasteiger charge is -2.48. The van der Waals surface area contributed by atoms with Gasteiger partial charge in [0.15, 0.2) is 5.82 Å². The molecular formula is C16H23Cl2FN2. The van der Waals surface area contributed by atoms with Crippen molar-refractivity contribution in [1.82, 2.24) is 5.32 Å². The van der Waals surface area contributed by atoms with Gasteiger partial charge < -0.3 is 10.2 Å². The molecule has 2 rings (SSSR count). The average molecular weight is 333 g/mol. The second-order valence-electron chi connectivity index (χ2n) is 5.78. The molecular weight excluding hydrogens is 310 g/mol. The third kappa shape index (κ3) is 3.30. The lowest BCUT2D eigenvalue weighted by Crippen LogP contribution is -2.64. The molecule has 1 aliphatic rings. The predicted octanol–water partition coefficient (Wildman–Crippen LogP) is 4.88. The summed E-state index contributed by atoms with van der Waals surface area (Å²) >= 11 is 11.9. The van der Waals surface area contributed by atoms with Crippen molar-refractivity contribution < 1.29 is 4.39 Å². The number of hydrogen-bond acceptors (Lipinski definition) is 2. The Labute approximate surface area is 136 Å². The normalized spacial score (nSPS) is 21.6. The molecule has 118 valence electrons. The van der Waals surface area contributed by atoms with E-state index in [4.69, 9.17) is 23.2 Å². The van der Waals surface area contributed by atoms with Gasteiger partial charge in [-0.05, 0) is 31.4 Å². The average Bonchev–Trinajstić information content (AvgIpc) is 2.51. The number of nitrogens with zero attached hydrogens (tertiary/aromatic N) is 1. The molecule has 0 amide bonds. The zero-order valence-corrected chi connectivity index (χ0v) is 14.4. The van der Waals surface area contributed by atoms with Crippen LogP contribution in [0.2, 0.25) is 10.0 Å². The Bertz CT molecular complexity index is 480. The summed E-state index contributed by atoms with van der Waals surface area (Å²) in [6.45, 7) is 8.37. The first kappa shape index (κ1) is 16.9. The van der Waals surface area contributed by atoms with Gasteiger partial charge in [-0.15, -0.1) is 0 Å². The maximum absolute atomic E-state index is 13.6. The van der Waals surface area contributed by atoms with Crippen LogP contribution < -0.4 is 10.2 Å². The molecule has 1 aliphatic heterocycles. The van der Waals surface area contributed by atoms with Gasteiger partial charge in [0.05, 0.1) is 10.0 Å². The first-order valence-corrected chi connectivity index (χ1v) is 8.38. The number of benzene rings is 1. The van der Waals surface area contributed by atoms with E-state index < -0.39 is 5.82 Å². The number of nitrogens with one attached hydrogen (secondary N) is 1. The maximum Gasteiger partial charge on any atom is 0.160 e. The standard InChI is InChI=1S/C16H23Cl2FN2/c1-4-11-9-20-16(5-2,6-3)10-21(11)12-7-13(17)15(19)14(18)8-12/h7-8,11,20H,4-6,9-10H2,1-3H3. The molecule has 0 spiro atoms. The van der Waals surface area contributed by atoms with Crippen molar-refractivity contribution in [2.45, 2.75) is 51.6 Å². The van der Waals surface area contributed by atoms with Gasteiger partial charge in [0.25, 0.3) is 0 Å². The van der Waals surface area contributed by atoms with Crippen LogP contribution in [0.25, 0.3) is 0 Å². The largest absolute Gasteiger partial charge is 0.365 e. The van der Waals surface area contributed by atoms with Gasteiger partial charge in [0.2, 0.25) is 0 Å². The van der Waals surface area contributed by atoms with E-state index in [0.717, 1.165) is 38.0 Å². The summed E-state index contributed by atoms with van der Waals surface area (Å²) in [4.78, 5) is 2.32. The van der Waals surface area contributed by atoms with Crippen LogP contribution in [-0.4, -0.2) is 24.7 Å². The Morgan fingerprint density at radius 2 is 1.81 bits per heavy atom. The first-order valence-electron chi connectivity index (χ1n) is 7.62. The van der Waals surface area contributed by atoms with Crippen molar-refractivity contribution in [3.8, 4) is 0 Å². The zero-order valence-electron chi connectivity index (χ0n) is 12.8. The molecule has 1 aromatic carbocycles. The van der Waals surface area contributed by atoms with E-state index >= 15 is 0 Å². The second-order valence-corrected chi connectivity index (χ2v) is 6.60. The Kier molecular flexibility index (Phi) is 5.39. The van der Waals surface area contributed by atoms with Crippen molar-refractivity contribution in [1.29, 1.82) is 0 Å². The minimum atomic E-state index is -0.539. The molecule has 1 aromatic rings. The Morgan fingerprint density at radius 3 is 2.29 bits per heavy atom. The quantitative estimate of drug-likeness (QED) is 0.790. The molecule has 0 radical (unpaired) electrons. The fourth-order valence-electron chi connectivity index (χ4n) is 3.05. The highest BCUT2D eigenvalue weighted by atomic mass is 35.5. The first-order chi connectivity index (χ1) is 9.96. The van der Waals surface area contributed by atoms with E-state index in [9.17, 15) is 4.39 Å². The number of piperazine rings is 1. The van der Waals surface area contributed by atoms with Crippen molar-refractivity contribution in [3.63, 3.8) is 0 Å². The second kappa shape index (κ2) is 6.72. The molecule has 1 N–H and O–H groups in total. The van der Waals surface area contributed by atoms with Gasteiger partial charge in [0.1, 0.15) is 0 Å². The van der Waals surface area contributed by atoms with Crippen LogP contribution in [-0.2, 0) is 0 Å². The molecule has 1 heterocycles. The molecule has 5 heteroatoms. The molecule has 0 bridgehead atoms. The van der Waals surface area contributed by atoms with E-state index in [1.165, 1.54) is 0 Å². The number of halogens is 3. The van der Waals surface area contributed by atoms with Gasteiger partial charge >= 0.3 is 0 Å². The fourth-order valence-corrected chi connectivity index (χ4v) is 3.53. The molecule has 0 aromatic heterocycles. The topological polar surface area (TPSA) is 15.3 Å². The Hall–Kier alpha value is -0.510. The van der Waals surface area contributed by atoms with E-state index in [1.807, 2.05) is 0 Å². The van der Waals surface area contributed by atoms with Crippen LogP contribution in [0.5, 0.6) is 0 Å². The van der Waals surface area contributed by atoms with Crippen LogP contribution in [0, 0.1) is 5.82 Å². The number of anilines is 1. The highest BCUT2D eigenvalue weighted by Gasteiger charge is 2.36. The number of hydrogen-bond donors (Lipinski definition) is 1. The van der Waals surface area contributed by atoms with Crippen molar-refractivity contribution in [2.24, 2.45) is 0 Å². The lowest BCUT2D eigenvalue weighted by atomic mass is 9.87. The summed E-state index contributed by atoms with van der Waals surface area (Å²) in [5, 5.41) is 3.87. The molecule has 1 fully saturated rings. The minimum absolute atomic E-state index is 0.0875. The molecule has 1 saturated heterocycles. The van der Waals surface area contributed by atoms with E-state index in [0.29, 0.717) is 6.04 Å². The van der Waals surface area contributed by atoms with Crippen LogP contribution in [0.4, 0.5) is 10.1 Å². The van der Waals surface area contributed by atoms with E-state index in [2.05, 4.69) is 31.0 Å². The molecule has 21 heavy (non-hydrogen) atoms. The number of rotatable bonds is 4. The van der Waals surface area contributed by atoms with Gasteiger partial charge in [0, 0.05) is 30.4 Å². The third-order valence-corrected chi connectivity index (χ3v) is 5.30. The van der Waals surface area contributed by atoms with Gasteiger partial charge in [-0.3, -0.25) is 0 Å². The van der Waals surface area contributed by atoms with Crippen LogP contribution in [0.15, 0.2) is 12.1 Å². The van der Waals surface area contributed by atoms with E-state index in [-0.39, 0.29) is 15.6 Å². The SMILES string of the molecule is CCC1CNC(CC)(CC)CN1c1cc(Cl)c(F)c(Cl)c1. The predicted molar refractivity (Wildman–Crippen MR) is 89.2 cm³/mol. The van der Waals surface area contributed by atoms with Crippen molar-refractivity contribution in [2.75, 3.05) is 18.0 Å². The molecule has 1 unspecified atom stereocenters. The lowest BCUT2D eigenvalue weighted by molar-refractivity contribution is 0.246. The van der Waals surface area contributed by atoms with Gasteiger partial charge in [-0.2, -0.15) is 0 Å². The Morgan fingerprint density at radius 1 is 1.24 bits per heavy atom. The molecule has 2 nitrogen and oxygen atoms in total. The minimum Gasteiger partial charge on any atom is -0.365 e. The summed E-state index contributed by atoms with van der Waals surface area (Å²) in [7, 11) is 0. The fraction of sp³-hybridized carbons (Fsp3) is 0.625. The van der Waals surface area contributed by atoms with Crippen LogP contribution >= 0.6 is 23.2 Å².